The summed E-state index contributed by atoms with van der Waals surface area (Å²) in [6.07, 6.45) is 0. The van der Waals surface area contributed by atoms with Gasteiger partial charge in [0.2, 0.25) is 0 Å². The third-order valence-corrected chi connectivity index (χ3v) is 6.68. The predicted molar refractivity (Wildman–Crippen MR) is 139 cm³/mol. The molecule has 0 atom stereocenters. The molecule has 1 aliphatic carbocycles. The zero-order valence-corrected chi connectivity index (χ0v) is 23.1. The monoisotopic (exact) mass is 503 g/mol. The summed E-state index contributed by atoms with van der Waals surface area (Å²) in [5.41, 5.74) is 3.22. The summed E-state index contributed by atoms with van der Waals surface area (Å²) in [5.74, 6) is 4.68. The fourth-order valence-electron chi connectivity index (χ4n) is 3.83. The molecular formula is C31H41Zr+. The van der Waals surface area contributed by atoms with Crippen LogP contribution in [0.4, 0.5) is 0 Å². The van der Waals surface area contributed by atoms with Crippen molar-refractivity contribution in [2.75, 3.05) is 0 Å². The minimum atomic E-state index is 0. The molecule has 1 aliphatic rings. The summed E-state index contributed by atoms with van der Waals surface area (Å²) in [6, 6.07) is 29.6. The summed E-state index contributed by atoms with van der Waals surface area (Å²) < 4.78 is 0. The van der Waals surface area contributed by atoms with Crippen LogP contribution in [0, 0.1) is 50.4 Å². The molecule has 0 aromatic heterocycles. The zero-order chi connectivity index (χ0) is 23.2. The average molecular weight is 505 g/mol. The molecular weight excluding hydrogens is 464 g/mol. The molecule has 3 aromatic rings. The Morgan fingerprint density at radius 2 is 0.531 bits per heavy atom. The van der Waals surface area contributed by atoms with Crippen molar-refractivity contribution in [3.8, 4) is 0 Å². The fourth-order valence-corrected chi connectivity index (χ4v) is 3.83. The van der Waals surface area contributed by atoms with Gasteiger partial charge < -0.3 is 0 Å². The van der Waals surface area contributed by atoms with Crippen LogP contribution in [0.25, 0.3) is 0 Å². The van der Waals surface area contributed by atoms with E-state index in [0.717, 1.165) is 46.3 Å². The Hall–Kier alpha value is -1.85. The molecule has 168 valence electrons. The quantitative estimate of drug-likeness (QED) is 0.268. The Bertz CT molecular complexity index is 664. The third kappa shape index (κ3) is 11.7. The first-order valence-electron chi connectivity index (χ1n) is 11.3. The topological polar surface area (TPSA) is 0 Å². The molecule has 0 aliphatic heterocycles. The second-order valence-corrected chi connectivity index (χ2v) is 8.75. The van der Waals surface area contributed by atoms with Gasteiger partial charge in [-0.15, -0.1) is 36.4 Å². The maximum absolute atomic E-state index is 3.72. The van der Waals surface area contributed by atoms with Gasteiger partial charge in [0, 0.05) is 0 Å². The van der Waals surface area contributed by atoms with Crippen LogP contribution in [0.5, 0.6) is 0 Å². The third-order valence-electron chi connectivity index (χ3n) is 6.68. The van der Waals surface area contributed by atoms with E-state index in [1.54, 1.807) is 0 Å². The molecule has 0 unspecified atom stereocenters. The van der Waals surface area contributed by atoms with Gasteiger partial charge in [-0.25, -0.2) is 0 Å². The van der Waals surface area contributed by atoms with E-state index in [9.17, 15) is 0 Å². The summed E-state index contributed by atoms with van der Waals surface area (Å²) in [7, 11) is 0. The van der Waals surface area contributed by atoms with Crippen molar-refractivity contribution in [1.82, 2.24) is 0 Å². The van der Waals surface area contributed by atoms with Crippen LogP contribution in [0.1, 0.15) is 51.3 Å². The van der Waals surface area contributed by atoms with Gasteiger partial charge in [-0.05, 0) is 29.6 Å². The number of hydrogen-bond donors (Lipinski definition) is 0. The molecule has 0 amide bonds. The second-order valence-electron chi connectivity index (χ2n) is 8.75. The Labute approximate surface area is 218 Å². The van der Waals surface area contributed by atoms with Crippen molar-refractivity contribution in [3.63, 3.8) is 0 Å². The van der Waals surface area contributed by atoms with Gasteiger partial charge >= 0.3 is 26.2 Å². The maximum Gasteiger partial charge on any atom is 4.00 e. The van der Waals surface area contributed by atoms with Crippen LogP contribution in [-0.4, -0.2) is 0 Å². The normalized spacial score (nSPS) is 23.0. The number of hydrogen-bond acceptors (Lipinski definition) is 0. The average Bonchev–Trinajstić information content (AvgIpc) is 2.94. The van der Waals surface area contributed by atoms with Crippen LogP contribution in [-0.2, 0) is 26.2 Å². The Morgan fingerprint density at radius 3 is 0.625 bits per heavy atom. The van der Waals surface area contributed by atoms with Gasteiger partial charge in [-0.3, -0.25) is 0 Å². The Kier molecular flexibility index (Phi) is 15.8. The van der Waals surface area contributed by atoms with Gasteiger partial charge in [-0.1, -0.05) is 52.8 Å². The predicted octanol–water partition coefficient (Wildman–Crippen LogP) is 8.78. The van der Waals surface area contributed by atoms with E-state index in [4.69, 9.17) is 0 Å². The molecule has 3 aromatic carbocycles. The standard InChI is InChI=1S/C10H20.3C7H7.Zr/c1-6-7(2)9(4)10(5)8(6)3;3*1-7-5-3-2-4-6-7;/h6-10H,1-5H3;3*2-6H,1H2;/q;3*-1;+4. The molecule has 0 spiro atoms. The van der Waals surface area contributed by atoms with Crippen LogP contribution >= 0.6 is 0 Å². The largest absolute Gasteiger partial charge is 4.00 e. The molecule has 1 fully saturated rings. The zero-order valence-electron chi connectivity index (χ0n) is 20.7. The van der Waals surface area contributed by atoms with Crippen LogP contribution in [0.2, 0.25) is 0 Å². The minimum Gasteiger partial charge on any atom is -0.199 e. The van der Waals surface area contributed by atoms with E-state index in [1.807, 2.05) is 91.0 Å². The first-order valence-corrected chi connectivity index (χ1v) is 11.3. The van der Waals surface area contributed by atoms with Crippen molar-refractivity contribution in [1.29, 1.82) is 0 Å². The van der Waals surface area contributed by atoms with Crippen molar-refractivity contribution < 1.29 is 26.2 Å². The number of rotatable bonds is 0. The van der Waals surface area contributed by atoms with Gasteiger partial charge in [0.15, 0.2) is 0 Å². The molecule has 0 nitrogen and oxygen atoms in total. The van der Waals surface area contributed by atoms with Gasteiger partial charge in [0.25, 0.3) is 0 Å². The van der Waals surface area contributed by atoms with E-state index < -0.39 is 0 Å². The van der Waals surface area contributed by atoms with Crippen molar-refractivity contribution in [3.05, 3.63) is 128 Å². The van der Waals surface area contributed by atoms with E-state index >= 15 is 0 Å². The summed E-state index contributed by atoms with van der Waals surface area (Å²) in [4.78, 5) is 0. The molecule has 0 saturated heterocycles. The van der Waals surface area contributed by atoms with Crippen LogP contribution in [0.15, 0.2) is 91.0 Å². The van der Waals surface area contributed by atoms with Gasteiger partial charge in [0.05, 0.1) is 0 Å². The molecule has 1 heteroatoms. The SMILES string of the molecule is CC1C(C)C(C)C(C)C1C.[CH2-]c1ccccc1.[CH2-]c1ccccc1.[CH2-]c1ccccc1.[Zr+4]. The maximum atomic E-state index is 3.72. The molecule has 4 rings (SSSR count). The van der Waals surface area contributed by atoms with Crippen molar-refractivity contribution in [2.45, 2.75) is 34.6 Å². The number of benzene rings is 3. The Balaban J connectivity index is 0.000000401. The van der Waals surface area contributed by atoms with E-state index in [2.05, 4.69) is 55.4 Å². The second kappa shape index (κ2) is 16.7. The van der Waals surface area contributed by atoms with Gasteiger partial charge in [-0.2, -0.15) is 73.9 Å². The molecule has 0 N–H and O–H groups in total. The molecule has 0 radical (unpaired) electrons. The minimum absolute atomic E-state index is 0. The Morgan fingerprint density at radius 1 is 0.375 bits per heavy atom. The first kappa shape index (κ1) is 30.2. The van der Waals surface area contributed by atoms with Gasteiger partial charge in [0.1, 0.15) is 0 Å². The fraction of sp³-hybridized carbons (Fsp3) is 0.323. The van der Waals surface area contributed by atoms with E-state index in [1.165, 1.54) is 0 Å². The molecule has 1 saturated carbocycles. The van der Waals surface area contributed by atoms with E-state index in [-0.39, 0.29) is 26.2 Å². The smallest absolute Gasteiger partial charge is 0.199 e. The first-order chi connectivity index (χ1) is 14.7. The van der Waals surface area contributed by atoms with E-state index in [0.29, 0.717) is 0 Å². The summed E-state index contributed by atoms with van der Waals surface area (Å²) >= 11 is 0. The summed E-state index contributed by atoms with van der Waals surface area (Å²) in [5, 5.41) is 0. The molecule has 32 heavy (non-hydrogen) atoms. The molecule has 0 heterocycles. The van der Waals surface area contributed by atoms with Crippen molar-refractivity contribution in [2.24, 2.45) is 29.6 Å². The van der Waals surface area contributed by atoms with Crippen LogP contribution in [0.3, 0.4) is 0 Å². The molecule has 0 bridgehead atoms. The van der Waals surface area contributed by atoms with Crippen molar-refractivity contribution >= 4 is 0 Å². The van der Waals surface area contributed by atoms with Crippen LogP contribution < -0.4 is 0 Å². The summed E-state index contributed by atoms with van der Waals surface area (Å²) in [6.45, 7) is 23.2.